The molecule has 20 heavy (non-hydrogen) atoms. The van der Waals surface area contributed by atoms with E-state index in [0.29, 0.717) is 17.6 Å². The fraction of sp³-hybridized carbons (Fsp3) is 0.357. The van der Waals surface area contributed by atoms with Crippen molar-refractivity contribution in [3.8, 4) is 0 Å². The van der Waals surface area contributed by atoms with Crippen LogP contribution >= 0.6 is 0 Å². The van der Waals surface area contributed by atoms with Gasteiger partial charge in [0.25, 0.3) is 0 Å². The van der Waals surface area contributed by atoms with Crippen molar-refractivity contribution in [2.45, 2.75) is 26.4 Å². The third-order valence-electron chi connectivity index (χ3n) is 3.03. The lowest BCUT2D eigenvalue weighted by Gasteiger charge is -2.17. The van der Waals surface area contributed by atoms with Gasteiger partial charge in [-0.3, -0.25) is 0 Å². The number of aromatic nitrogens is 1. The number of para-hydroxylation sites is 1. The standard InChI is InChI=1S/C14H14F4N2/c1-3-7-19-11-8(2)13(14(16,17)18)20-12-9(11)5-4-6-10(12)15/h4-6H,3,7H2,1-2H3,(H,19,20). The highest BCUT2D eigenvalue weighted by Gasteiger charge is 2.36. The summed E-state index contributed by atoms with van der Waals surface area (Å²) < 4.78 is 52.7. The Labute approximate surface area is 113 Å². The van der Waals surface area contributed by atoms with E-state index in [0.717, 1.165) is 12.5 Å². The zero-order valence-electron chi connectivity index (χ0n) is 11.1. The molecule has 1 N–H and O–H groups in total. The predicted molar refractivity (Wildman–Crippen MR) is 70.2 cm³/mol. The molecule has 0 unspecified atom stereocenters. The van der Waals surface area contributed by atoms with Gasteiger partial charge in [-0.25, -0.2) is 9.37 Å². The quantitative estimate of drug-likeness (QED) is 0.839. The summed E-state index contributed by atoms with van der Waals surface area (Å²) in [6, 6.07) is 4.13. The van der Waals surface area contributed by atoms with Crippen molar-refractivity contribution >= 4 is 16.6 Å². The molecule has 0 saturated heterocycles. The van der Waals surface area contributed by atoms with Crippen LogP contribution < -0.4 is 5.32 Å². The van der Waals surface area contributed by atoms with E-state index in [1.807, 2.05) is 6.92 Å². The van der Waals surface area contributed by atoms with E-state index >= 15 is 0 Å². The van der Waals surface area contributed by atoms with Crippen molar-refractivity contribution in [2.75, 3.05) is 11.9 Å². The highest BCUT2D eigenvalue weighted by Crippen LogP contribution is 2.37. The Morgan fingerprint density at radius 1 is 1.25 bits per heavy atom. The van der Waals surface area contributed by atoms with Gasteiger partial charge in [-0.15, -0.1) is 0 Å². The number of halogens is 4. The van der Waals surface area contributed by atoms with E-state index in [-0.39, 0.29) is 11.1 Å². The van der Waals surface area contributed by atoms with Crippen molar-refractivity contribution in [1.82, 2.24) is 4.98 Å². The number of nitrogens with zero attached hydrogens (tertiary/aromatic N) is 1. The van der Waals surface area contributed by atoms with Crippen molar-refractivity contribution in [2.24, 2.45) is 0 Å². The van der Waals surface area contributed by atoms with E-state index < -0.39 is 17.7 Å². The van der Waals surface area contributed by atoms with Crippen LogP contribution in [0.1, 0.15) is 24.6 Å². The molecule has 0 atom stereocenters. The molecule has 2 nitrogen and oxygen atoms in total. The molecule has 1 heterocycles. The number of alkyl halides is 3. The van der Waals surface area contributed by atoms with Crippen LogP contribution in [0.15, 0.2) is 18.2 Å². The number of nitrogens with one attached hydrogen (secondary N) is 1. The molecule has 0 aliphatic heterocycles. The molecule has 0 aliphatic rings. The lowest BCUT2D eigenvalue weighted by molar-refractivity contribution is -0.141. The molecule has 0 fully saturated rings. The van der Waals surface area contributed by atoms with Gasteiger partial charge in [-0.05, 0) is 19.4 Å². The molecule has 0 amide bonds. The maximum atomic E-state index is 13.7. The summed E-state index contributed by atoms with van der Waals surface area (Å²) in [5, 5.41) is 3.30. The van der Waals surface area contributed by atoms with Crippen LogP contribution in [-0.4, -0.2) is 11.5 Å². The summed E-state index contributed by atoms with van der Waals surface area (Å²) in [6.45, 7) is 3.75. The predicted octanol–water partition coefficient (Wildman–Crippen LogP) is 4.52. The van der Waals surface area contributed by atoms with Gasteiger partial charge in [0.1, 0.15) is 17.0 Å². The second-order valence-corrected chi connectivity index (χ2v) is 4.52. The first-order chi connectivity index (χ1) is 9.36. The molecular formula is C14H14F4N2. The molecule has 1 aromatic heterocycles. The van der Waals surface area contributed by atoms with E-state index in [1.165, 1.54) is 13.0 Å². The lowest BCUT2D eigenvalue weighted by atomic mass is 10.1. The zero-order valence-corrected chi connectivity index (χ0v) is 11.1. The number of fused-ring (bicyclic) bond motifs is 1. The van der Waals surface area contributed by atoms with Crippen molar-refractivity contribution in [3.05, 3.63) is 35.3 Å². The van der Waals surface area contributed by atoms with Crippen LogP contribution in [0, 0.1) is 12.7 Å². The first kappa shape index (κ1) is 14.6. The maximum Gasteiger partial charge on any atom is 0.433 e. The molecule has 0 spiro atoms. The molecule has 108 valence electrons. The van der Waals surface area contributed by atoms with Gasteiger partial charge in [-0.1, -0.05) is 19.1 Å². The summed E-state index contributed by atoms with van der Waals surface area (Å²) in [6.07, 6.45) is -3.86. The minimum Gasteiger partial charge on any atom is -0.384 e. The van der Waals surface area contributed by atoms with Crippen LogP contribution in [0.25, 0.3) is 10.9 Å². The smallest absolute Gasteiger partial charge is 0.384 e. The SMILES string of the molecule is CCCNc1c(C)c(C(F)(F)F)nc2c(F)cccc12. The van der Waals surface area contributed by atoms with Crippen LogP contribution in [-0.2, 0) is 6.18 Å². The summed E-state index contributed by atoms with van der Waals surface area (Å²) >= 11 is 0. The van der Waals surface area contributed by atoms with Crippen LogP contribution in [0.4, 0.5) is 23.2 Å². The first-order valence-corrected chi connectivity index (χ1v) is 6.26. The monoisotopic (exact) mass is 286 g/mol. The Morgan fingerprint density at radius 3 is 2.55 bits per heavy atom. The van der Waals surface area contributed by atoms with E-state index in [4.69, 9.17) is 0 Å². The highest BCUT2D eigenvalue weighted by molar-refractivity contribution is 5.93. The molecule has 0 saturated carbocycles. The third-order valence-corrected chi connectivity index (χ3v) is 3.03. The molecule has 2 aromatic rings. The van der Waals surface area contributed by atoms with E-state index in [2.05, 4.69) is 10.3 Å². The molecule has 2 rings (SSSR count). The van der Waals surface area contributed by atoms with E-state index in [1.54, 1.807) is 6.07 Å². The van der Waals surface area contributed by atoms with Crippen LogP contribution in [0.3, 0.4) is 0 Å². The van der Waals surface area contributed by atoms with Crippen molar-refractivity contribution in [3.63, 3.8) is 0 Å². The number of hydrogen-bond donors (Lipinski definition) is 1. The van der Waals surface area contributed by atoms with E-state index in [9.17, 15) is 17.6 Å². The largest absolute Gasteiger partial charge is 0.433 e. The maximum absolute atomic E-state index is 13.7. The molecule has 0 aliphatic carbocycles. The number of anilines is 1. The average Bonchev–Trinajstić information content (AvgIpc) is 2.36. The molecule has 0 radical (unpaired) electrons. The molecule has 6 heteroatoms. The summed E-state index contributed by atoms with van der Waals surface area (Å²) in [5.74, 6) is -0.757. The van der Waals surface area contributed by atoms with Crippen molar-refractivity contribution < 1.29 is 17.6 Å². The first-order valence-electron chi connectivity index (χ1n) is 6.26. The fourth-order valence-electron chi connectivity index (χ4n) is 2.10. The molecular weight excluding hydrogens is 272 g/mol. The number of rotatable bonds is 3. The van der Waals surface area contributed by atoms with Gasteiger partial charge in [-0.2, -0.15) is 13.2 Å². The third kappa shape index (κ3) is 2.55. The normalized spacial score (nSPS) is 11.9. The Balaban J connectivity index is 2.78. The summed E-state index contributed by atoms with van der Waals surface area (Å²) in [5.41, 5.74) is -1.02. The van der Waals surface area contributed by atoms with Gasteiger partial charge < -0.3 is 5.32 Å². The van der Waals surface area contributed by atoms with Crippen LogP contribution in [0.2, 0.25) is 0 Å². The van der Waals surface area contributed by atoms with Gasteiger partial charge >= 0.3 is 6.18 Å². The average molecular weight is 286 g/mol. The zero-order chi connectivity index (χ0) is 14.9. The summed E-state index contributed by atoms with van der Waals surface area (Å²) in [4.78, 5) is 3.47. The van der Waals surface area contributed by atoms with Gasteiger partial charge in [0.05, 0.1) is 0 Å². The van der Waals surface area contributed by atoms with Gasteiger partial charge in [0.15, 0.2) is 0 Å². The minimum atomic E-state index is -4.61. The molecule has 1 aromatic carbocycles. The molecule has 0 bridgehead atoms. The Bertz CT molecular complexity index is 635. The number of hydrogen-bond acceptors (Lipinski definition) is 2. The van der Waals surface area contributed by atoms with Gasteiger partial charge in [0.2, 0.25) is 0 Å². The van der Waals surface area contributed by atoms with Crippen molar-refractivity contribution in [1.29, 1.82) is 0 Å². The fourth-order valence-corrected chi connectivity index (χ4v) is 2.10. The summed E-state index contributed by atoms with van der Waals surface area (Å²) in [7, 11) is 0. The second-order valence-electron chi connectivity index (χ2n) is 4.52. The minimum absolute atomic E-state index is 0.0101. The number of pyridine rings is 1. The van der Waals surface area contributed by atoms with Gasteiger partial charge in [0, 0.05) is 23.2 Å². The topological polar surface area (TPSA) is 24.9 Å². The lowest BCUT2D eigenvalue weighted by Crippen LogP contribution is -2.14. The Kier molecular flexibility index (Phi) is 3.83. The van der Waals surface area contributed by atoms with Crippen LogP contribution in [0.5, 0.6) is 0 Å². The highest BCUT2D eigenvalue weighted by atomic mass is 19.4. The Hall–Kier alpha value is -1.85. The second kappa shape index (κ2) is 5.26. The Morgan fingerprint density at radius 2 is 1.95 bits per heavy atom. The number of benzene rings is 1.